The van der Waals surface area contributed by atoms with E-state index in [2.05, 4.69) is 24.4 Å². The first-order chi connectivity index (χ1) is 7.70. The first kappa shape index (κ1) is 14.9. The lowest BCUT2D eigenvalue weighted by Gasteiger charge is -2.10. The van der Waals surface area contributed by atoms with Gasteiger partial charge < -0.3 is 5.32 Å². The standard InChI is InChI=1S/C14H25NO/c1-4-6-7-8-9-10-11-12-14(16)15-13(3)5-2/h4,6-8,13H,5,9-12H2,1-3H3,(H,15,16)/b6-4-,8-7+. The van der Waals surface area contributed by atoms with Crippen molar-refractivity contribution in [2.45, 2.75) is 58.9 Å². The SMILES string of the molecule is C/C=C\C=C\CCCCC(=O)NC(C)CC. The molecular formula is C14H25NO. The summed E-state index contributed by atoms with van der Waals surface area (Å²) < 4.78 is 0. The molecule has 1 atom stereocenters. The van der Waals surface area contributed by atoms with Gasteiger partial charge >= 0.3 is 0 Å². The van der Waals surface area contributed by atoms with Gasteiger partial charge in [0.05, 0.1) is 0 Å². The Kier molecular flexibility index (Phi) is 9.78. The van der Waals surface area contributed by atoms with Crippen LogP contribution in [0, 0.1) is 0 Å². The summed E-state index contributed by atoms with van der Waals surface area (Å²) in [5.74, 6) is 0.187. The van der Waals surface area contributed by atoms with Crippen molar-refractivity contribution in [3.8, 4) is 0 Å². The van der Waals surface area contributed by atoms with E-state index in [1.54, 1.807) is 0 Å². The molecule has 0 heterocycles. The number of amides is 1. The Morgan fingerprint density at radius 1 is 1.31 bits per heavy atom. The van der Waals surface area contributed by atoms with E-state index in [1.165, 1.54) is 0 Å². The minimum atomic E-state index is 0.187. The van der Waals surface area contributed by atoms with Crippen molar-refractivity contribution >= 4 is 5.91 Å². The molecule has 0 spiro atoms. The number of carbonyl (C=O) groups excluding carboxylic acids is 1. The van der Waals surface area contributed by atoms with Crippen LogP contribution in [-0.2, 0) is 4.79 Å². The molecule has 1 amide bonds. The Morgan fingerprint density at radius 2 is 2.06 bits per heavy atom. The lowest BCUT2D eigenvalue weighted by molar-refractivity contribution is -0.121. The predicted octanol–water partition coefficient (Wildman–Crippen LogP) is 3.59. The van der Waals surface area contributed by atoms with Crippen molar-refractivity contribution in [3.63, 3.8) is 0 Å². The van der Waals surface area contributed by atoms with E-state index in [-0.39, 0.29) is 5.91 Å². The molecule has 0 radical (unpaired) electrons. The maximum Gasteiger partial charge on any atom is 0.220 e. The Hall–Kier alpha value is -1.05. The van der Waals surface area contributed by atoms with E-state index in [0.29, 0.717) is 12.5 Å². The second-order valence-electron chi connectivity index (χ2n) is 4.08. The van der Waals surface area contributed by atoms with Crippen LogP contribution in [0.2, 0.25) is 0 Å². The summed E-state index contributed by atoms with van der Waals surface area (Å²) in [6.07, 6.45) is 13.0. The smallest absolute Gasteiger partial charge is 0.220 e. The van der Waals surface area contributed by atoms with Gasteiger partial charge in [-0.3, -0.25) is 4.79 Å². The molecule has 0 saturated heterocycles. The molecule has 0 bridgehead atoms. The van der Waals surface area contributed by atoms with Gasteiger partial charge in [-0.05, 0) is 39.5 Å². The molecule has 92 valence electrons. The molecule has 1 unspecified atom stereocenters. The lowest BCUT2D eigenvalue weighted by atomic mass is 10.1. The van der Waals surface area contributed by atoms with Crippen LogP contribution in [0.25, 0.3) is 0 Å². The van der Waals surface area contributed by atoms with Crippen LogP contribution in [0.15, 0.2) is 24.3 Å². The summed E-state index contributed by atoms with van der Waals surface area (Å²) in [5.41, 5.74) is 0. The third kappa shape index (κ3) is 9.50. The first-order valence-electron chi connectivity index (χ1n) is 6.27. The molecule has 16 heavy (non-hydrogen) atoms. The largest absolute Gasteiger partial charge is 0.354 e. The lowest BCUT2D eigenvalue weighted by Crippen LogP contribution is -2.31. The highest BCUT2D eigenvalue weighted by molar-refractivity contribution is 5.76. The average Bonchev–Trinajstić information content (AvgIpc) is 2.27. The fraction of sp³-hybridized carbons (Fsp3) is 0.643. The summed E-state index contributed by atoms with van der Waals surface area (Å²) in [5, 5.41) is 2.97. The highest BCUT2D eigenvalue weighted by Gasteiger charge is 2.03. The monoisotopic (exact) mass is 223 g/mol. The maximum atomic E-state index is 11.4. The molecule has 0 aliphatic rings. The number of unbranched alkanes of at least 4 members (excludes halogenated alkanes) is 2. The van der Waals surface area contributed by atoms with E-state index < -0.39 is 0 Å². The normalized spacial score (nSPS) is 13.4. The molecular weight excluding hydrogens is 198 g/mol. The highest BCUT2D eigenvalue weighted by atomic mass is 16.1. The summed E-state index contributed by atoms with van der Waals surface area (Å²) in [4.78, 5) is 11.4. The summed E-state index contributed by atoms with van der Waals surface area (Å²) >= 11 is 0. The number of nitrogens with one attached hydrogen (secondary N) is 1. The van der Waals surface area contributed by atoms with E-state index in [4.69, 9.17) is 0 Å². The van der Waals surface area contributed by atoms with Crippen molar-refractivity contribution in [1.29, 1.82) is 0 Å². The van der Waals surface area contributed by atoms with Crippen molar-refractivity contribution in [2.75, 3.05) is 0 Å². The fourth-order valence-electron chi connectivity index (χ4n) is 1.28. The van der Waals surface area contributed by atoms with Crippen molar-refractivity contribution in [2.24, 2.45) is 0 Å². The third-order valence-corrected chi connectivity index (χ3v) is 2.48. The second-order valence-corrected chi connectivity index (χ2v) is 4.08. The zero-order valence-electron chi connectivity index (χ0n) is 10.8. The zero-order chi connectivity index (χ0) is 12.2. The molecule has 0 aromatic rings. The molecule has 1 N–H and O–H groups in total. The van der Waals surface area contributed by atoms with E-state index in [0.717, 1.165) is 25.7 Å². The summed E-state index contributed by atoms with van der Waals surface area (Å²) in [7, 11) is 0. The van der Waals surface area contributed by atoms with Crippen molar-refractivity contribution in [3.05, 3.63) is 24.3 Å². The van der Waals surface area contributed by atoms with Gasteiger partial charge in [0.15, 0.2) is 0 Å². The van der Waals surface area contributed by atoms with Crippen LogP contribution in [0.4, 0.5) is 0 Å². The quantitative estimate of drug-likeness (QED) is 0.494. The number of hydrogen-bond acceptors (Lipinski definition) is 1. The number of carbonyl (C=O) groups is 1. The number of allylic oxidation sites excluding steroid dienone is 4. The third-order valence-electron chi connectivity index (χ3n) is 2.48. The Morgan fingerprint density at radius 3 is 2.69 bits per heavy atom. The van der Waals surface area contributed by atoms with Gasteiger partial charge in [-0.1, -0.05) is 31.2 Å². The van der Waals surface area contributed by atoms with Gasteiger partial charge in [0.1, 0.15) is 0 Å². The summed E-state index contributed by atoms with van der Waals surface area (Å²) in [6.45, 7) is 6.12. The van der Waals surface area contributed by atoms with Crippen LogP contribution in [0.5, 0.6) is 0 Å². The molecule has 0 rings (SSSR count). The van der Waals surface area contributed by atoms with E-state index >= 15 is 0 Å². The zero-order valence-corrected chi connectivity index (χ0v) is 10.8. The Labute approximate surface area is 99.8 Å². The Balaban J connectivity index is 3.41. The minimum absolute atomic E-state index is 0.187. The molecule has 0 aromatic carbocycles. The van der Waals surface area contributed by atoms with Gasteiger partial charge in [0.25, 0.3) is 0 Å². The van der Waals surface area contributed by atoms with Crippen molar-refractivity contribution < 1.29 is 4.79 Å². The molecule has 0 aliphatic carbocycles. The molecule has 0 aliphatic heterocycles. The van der Waals surface area contributed by atoms with E-state index in [1.807, 2.05) is 26.0 Å². The van der Waals surface area contributed by atoms with Crippen LogP contribution in [-0.4, -0.2) is 11.9 Å². The van der Waals surface area contributed by atoms with Crippen molar-refractivity contribution in [1.82, 2.24) is 5.32 Å². The minimum Gasteiger partial charge on any atom is -0.354 e. The van der Waals surface area contributed by atoms with Crippen LogP contribution in [0.3, 0.4) is 0 Å². The first-order valence-corrected chi connectivity index (χ1v) is 6.27. The topological polar surface area (TPSA) is 29.1 Å². The van der Waals surface area contributed by atoms with Crippen LogP contribution >= 0.6 is 0 Å². The van der Waals surface area contributed by atoms with Gasteiger partial charge in [0.2, 0.25) is 5.91 Å². The predicted molar refractivity (Wildman–Crippen MR) is 70.3 cm³/mol. The second kappa shape index (κ2) is 10.5. The van der Waals surface area contributed by atoms with E-state index in [9.17, 15) is 4.79 Å². The molecule has 2 nitrogen and oxygen atoms in total. The number of rotatable bonds is 8. The number of hydrogen-bond donors (Lipinski definition) is 1. The Bertz CT molecular complexity index is 231. The van der Waals surface area contributed by atoms with Gasteiger partial charge in [-0.25, -0.2) is 0 Å². The molecule has 2 heteroatoms. The maximum absolute atomic E-state index is 11.4. The fourth-order valence-corrected chi connectivity index (χ4v) is 1.28. The molecule has 0 aromatic heterocycles. The molecule has 0 fully saturated rings. The molecule has 0 saturated carbocycles. The summed E-state index contributed by atoms with van der Waals surface area (Å²) in [6, 6.07) is 0.307. The van der Waals surface area contributed by atoms with Crippen LogP contribution in [0.1, 0.15) is 52.9 Å². The van der Waals surface area contributed by atoms with Gasteiger partial charge in [0, 0.05) is 12.5 Å². The average molecular weight is 223 g/mol. The highest BCUT2D eigenvalue weighted by Crippen LogP contribution is 2.01. The van der Waals surface area contributed by atoms with Gasteiger partial charge in [-0.15, -0.1) is 0 Å². The van der Waals surface area contributed by atoms with Gasteiger partial charge in [-0.2, -0.15) is 0 Å². The van der Waals surface area contributed by atoms with Crippen LogP contribution < -0.4 is 5.32 Å².